The van der Waals surface area contributed by atoms with Crippen LogP contribution in [0.3, 0.4) is 0 Å². The van der Waals surface area contributed by atoms with Gasteiger partial charge >= 0.3 is 6.18 Å². The topological polar surface area (TPSA) is 121 Å². The zero-order valence-corrected chi connectivity index (χ0v) is 21.7. The van der Waals surface area contributed by atoms with E-state index < -0.39 is 54.0 Å². The average molecular weight is 592 g/mol. The molecule has 1 atom stereocenters. The molecule has 0 aliphatic carbocycles. The maximum Gasteiger partial charge on any atom is 0.433 e. The van der Waals surface area contributed by atoms with Gasteiger partial charge in [0.15, 0.2) is 0 Å². The standard InChI is InChI=1S/C23H20F7N7O2S/c1-4-36-8(2)11(7-32-36)10-5-14(23(28,29)30)33-22-15(10)16(17(40-22)20(31)38)34-21(39)9(3)37-13(19(26)27)6-12(35-37)18(24)25/h5-7,9,18-19H,4H2,1-3H3,(H2,31,38)(H,34,39). The molecule has 0 spiro atoms. The molecule has 0 fully saturated rings. The molecule has 214 valence electrons. The summed E-state index contributed by atoms with van der Waals surface area (Å²) in [6, 6.07) is -0.411. The molecule has 3 N–H and O–H groups in total. The first-order chi connectivity index (χ1) is 18.6. The van der Waals surface area contributed by atoms with E-state index in [9.17, 15) is 40.3 Å². The summed E-state index contributed by atoms with van der Waals surface area (Å²) < 4.78 is 96.5. The van der Waals surface area contributed by atoms with Crippen LogP contribution in [-0.2, 0) is 17.5 Å². The predicted molar refractivity (Wildman–Crippen MR) is 130 cm³/mol. The third kappa shape index (κ3) is 5.12. The molecule has 0 radical (unpaired) electrons. The molecular weight excluding hydrogens is 571 g/mol. The summed E-state index contributed by atoms with van der Waals surface area (Å²) in [5.74, 6) is -2.20. The van der Waals surface area contributed by atoms with Crippen molar-refractivity contribution in [2.24, 2.45) is 5.73 Å². The number of alkyl halides is 7. The summed E-state index contributed by atoms with van der Waals surface area (Å²) in [7, 11) is 0. The molecule has 17 heteroatoms. The molecule has 0 saturated heterocycles. The van der Waals surface area contributed by atoms with Crippen molar-refractivity contribution >= 4 is 39.1 Å². The lowest BCUT2D eigenvalue weighted by Crippen LogP contribution is -2.27. The van der Waals surface area contributed by atoms with Gasteiger partial charge in [0.25, 0.3) is 18.8 Å². The van der Waals surface area contributed by atoms with Crippen LogP contribution in [0.1, 0.15) is 65.2 Å². The Hall–Kier alpha value is -4.02. The number of aromatic nitrogens is 5. The largest absolute Gasteiger partial charge is 0.433 e. The second-order valence-corrected chi connectivity index (χ2v) is 9.57. The Balaban J connectivity index is 1.91. The van der Waals surface area contributed by atoms with Gasteiger partial charge in [0.1, 0.15) is 32.8 Å². The maximum atomic E-state index is 13.8. The number of nitrogens with two attached hydrogens (primary N) is 1. The molecule has 0 bridgehead atoms. The van der Waals surface area contributed by atoms with E-state index in [-0.39, 0.29) is 31.9 Å². The highest BCUT2D eigenvalue weighted by Gasteiger charge is 2.36. The highest BCUT2D eigenvalue weighted by Crippen LogP contribution is 2.44. The minimum Gasteiger partial charge on any atom is -0.365 e. The zero-order chi connectivity index (χ0) is 29.7. The Bertz CT molecular complexity index is 1610. The van der Waals surface area contributed by atoms with Gasteiger partial charge in [0.2, 0.25) is 5.91 Å². The first-order valence-corrected chi connectivity index (χ1v) is 12.3. The molecule has 2 amide bonds. The number of rotatable bonds is 8. The summed E-state index contributed by atoms with van der Waals surface area (Å²) in [5, 5.41) is 9.85. The fourth-order valence-electron chi connectivity index (χ4n) is 4.13. The molecule has 0 aromatic carbocycles. The quantitative estimate of drug-likeness (QED) is 0.248. The van der Waals surface area contributed by atoms with E-state index in [1.165, 1.54) is 10.9 Å². The smallest absolute Gasteiger partial charge is 0.365 e. The maximum absolute atomic E-state index is 13.8. The number of pyridine rings is 1. The van der Waals surface area contributed by atoms with Crippen LogP contribution in [0.2, 0.25) is 0 Å². The van der Waals surface area contributed by atoms with Gasteiger partial charge in [-0.3, -0.25) is 19.0 Å². The van der Waals surface area contributed by atoms with Gasteiger partial charge < -0.3 is 11.1 Å². The Morgan fingerprint density at radius 1 is 1.12 bits per heavy atom. The van der Waals surface area contributed by atoms with E-state index in [0.717, 1.165) is 13.0 Å². The van der Waals surface area contributed by atoms with Gasteiger partial charge in [-0.2, -0.15) is 23.4 Å². The second-order valence-electron chi connectivity index (χ2n) is 8.57. The first-order valence-electron chi connectivity index (χ1n) is 11.5. The Kier molecular flexibility index (Phi) is 7.62. The summed E-state index contributed by atoms with van der Waals surface area (Å²) in [6.45, 7) is 4.86. The molecule has 40 heavy (non-hydrogen) atoms. The van der Waals surface area contributed by atoms with E-state index in [1.54, 1.807) is 13.8 Å². The number of hydrogen-bond donors (Lipinski definition) is 2. The molecule has 4 aromatic rings. The fourth-order valence-corrected chi connectivity index (χ4v) is 5.13. The lowest BCUT2D eigenvalue weighted by Gasteiger charge is -2.17. The van der Waals surface area contributed by atoms with Crippen molar-refractivity contribution in [1.82, 2.24) is 24.5 Å². The summed E-state index contributed by atoms with van der Waals surface area (Å²) in [5.41, 5.74) is 2.57. The molecule has 0 aliphatic rings. The number of anilines is 1. The number of hydrogen-bond acceptors (Lipinski definition) is 6. The van der Waals surface area contributed by atoms with Crippen LogP contribution in [0.5, 0.6) is 0 Å². The number of thiophene rings is 1. The fraction of sp³-hybridized carbons (Fsp3) is 0.348. The van der Waals surface area contributed by atoms with Crippen LogP contribution in [-0.4, -0.2) is 36.4 Å². The van der Waals surface area contributed by atoms with Crippen molar-refractivity contribution in [2.45, 2.75) is 52.4 Å². The normalized spacial score (nSPS) is 13.0. The zero-order valence-electron chi connectivity index (χ0n) is 20.9. The monoisotopic (exact) mass is 591 g/mol. The Morgan fingerprint density at radius 3 is 2.33 bits per heavy atom. The third-order valence-corrected chi connectivity index (χ3v) is 7.19. The van der Waals surface area contributed by atoms with Gasteiger partial charge in [0.05, 0.1) is 11.9 Å². The first kappa shape index (κ1) is 29.0. The van der Waals surface area contributed by atoms with Crippen LogP contribution in [0.4, 0.5) is 36.4 Å². The summed E-state index contributed by atoms with van der Waals surface area (Å²) >= 11 is 0.486. The van der Waals surface area contributed by atoms with Crippen LogP contribution in [0, 0.1) is 6.92 Å². The number of carbonyl (C=O) groups is 2. The Morgan fingerprint density at radius 2 is 1.80 bits per heavy atom. The van der Waals surface area contributed by atoms with E-state index in [2.05, 4.69) is 20.5 Å². The molecule has 4 heterocycles. The van der Waals surface area contributed by atoms with Crippen molar-refractivity contribution in [3.05, 3.63) is 46.0 Å². The van der Waals surface area contributed by atoms with E-state index >= 15 is 0 Å². The van der Waals surface area contributed by atoms with Crippen molar-refractivity contribution < 1.29 is 40.3 Å². The van der Waals surface area contributed by atoms with Gasteiger partial charge in [-0.05, 0) is 38.5 Å². The number of aryl methyl sites for hydroxylation is 1. The number of fused-ring (bicyclic) bond motifs is 1. The third-order valence-electron chi connectivity index (χ3n) is 6.09. The number of carbonyl (C=O) groups excluding carboxylic acids is 2. The van der Waals surface area contributed by atoms with E-state index in [0.29, 0.717) is 34.3 Å². The van der Waals surface area contributed by atoms with Crippen LogP contribution < -0.4 is 11.1 Å². The van der Waals surface area contributed by atoms with E-state index in [4.69, 9.17) is 5.73 Å². The molecule has 1 unspecified atom stereocenters. The molecule has 4 aromatic heterocycles. The van der Waals surface area contributed by atoms with Gasteiger partial charge in [0, 0.05) is 23.2 Å². The number of halogens is 7. The van der Waals surface area contributed by atoms with Crippen molar-refractivity contribution in [1.29, 1.82) is 0 Å². The molecule has 9 nitrogen and oxygen atoms in total. The lowest BCUT2D eigenvalue weighted by molar-refractivity contribution is -0.140. The van der Waals surface area contributed by atoms with Crippen molar-refractivity contribution in [3.8, 4) is 11.1 Å². The molecule has 0 aliphatic heterocycles. The van der Waals surface area contributed by atoms with Crippen LogP contribution >= 0.6 is 11.3 Å². The summed E-state index contributed by atoms with van der Waals surface area (Å²) in [6.07, 6.45) is -10.0. The lowest BCUT2D eigenvalue weighted by atomic mass is 10.0. The SMILES string of the molecule is CCn1ncc(-c2cc(C(F)(F)F)nc3sc(C(N)=O)c(NC(=O)C(C)n4nc(C(F)F)cc4C(F)F)c23)c1C. The minimum atomic E-state index is -4.87. The number of amides is 2. The second kappa shape index (κ2) is 10.5. The summed E-state index contributed by atoms with van der Waals surface area (Å²) in [4.78, 5) is 28.5. The number of nitrogens with one attached hydrogen (secondary N) is 1. The van der Waals surface area contributed by atoms with E-state index in [1.807, 2.05) is 0 Å². The number of nitrogens with zero attached hydrogens (tertiary/aromatic N) is 5. The highest BCUT2D eigenvalue weighted by atomic mass is 32.1. The van der Waals surface area contributed by atoms with Gasteiger partial charge in [-0.15, -0.1) is 11.3 Å². The molecule has 4 rings (SSSR count). The van der Waals surface area contributed by atoms with Crippen molar-refractivity contribution in [2.75, 3.05) is 5.32 Å². The molecular formula is C23H20F7N7O2S. The van der Waals surface area contributed by atoms with Crippen LogP contribution in [0.15, 0.2) is 18.3 Å². The Labute approximate surface area is 224 Å². The predicted octanol–water partition coefficient (Wildman–Crippen LogP) is 5.88. The van der Waals surface area contributed by atoms with Gasteiger partial charge in [-0.25, -0.2) is 22.5 Å². The minimum absolute atomic E-state index is 0.0751. The average Bonchev–Trinajstić information content (AvgIpc) is 3.57. The number of primary amides is 1. The van der Waals surface area contributed by atoms with Crippen molar-refractivity contribution in [3.63, 3.8) is 0 Å². The van der Waals surface area contributed by atoms with Crippen LogP contribution in [0.25, 0.3) is 21.3 Å². The molecule has 0 saturated carbocycles. The highest BCUT2D eigenvalue weighted by molar-refractivity contribution is 7.21. The van der Waals surface area contributed by atoms with Gasteiger partial charge in [-0.1, -0.05) is 0 Å².